The molecule has 3 N–H and O–H groups in total. The molecule has 0 aliphatic rings. The lowest BCUT2D eigenvalue weighted by Crippen LogP contribution is -2.29. The average Bonchev–Trinajstić information content (AvgIpc) is 1.97. The minimum atomic E-state index is -0.228. The minimum absolute atomic E-state index is 0.0718. The predicted octanol–water partition coefficient (Wildman–Crippen LogP) is 2.55. The fourth-order valence-electron chi connectivity index (χ4n) is 1.76. The van der Waals surface area contributed by atoms with Gasteiger partial charge in [0.25, 0.3) is 5.56 Å². The zero-order valence-corrected chi connectivity index (χ0v) is 11.1. The van der Waals surface area contributed by atoms with E-state index >= 15 is 0 Å². The highest BCUT2D eigenvalue weighted by atomic mass is 16.1. The van der Waals surface area contributed by atoms with Crippen LogP contribution in [0.5, 0.6) is 0 Å². The van der Waals surface area contributed by atoms with Crippen LogP contribution in [-0.4, -0.2) is 4.98 Å². The Kier molecular flexibility index (Phi) is 2.92. The first-order valence-corrected chi connectivity index (χ1v) is 5.57. The summed E-state index contributed by atoms with van der Waals surface area (Å²) in [5, 5.41) is 0. The highest BCUT2D eigenvalue weighted by molar-refractivity contribution is 5.50. The van der Waals surface area contributed by atoms with Crippen molar-refractivity contribution < 1.29 is 0 Å². The summed E-state index contributed by atoms with van der Waals surface area (Å²) in [6.45, 7) is 12.1. The number of hydrogen-bond donors (Lipinski definition) is 2. The molecule has 0 saturated carbocycles. The molecule has 0 amide bonds. The van der Waals surface area contributed by atoms with E-state index in [-0.39, 0.29) is 16.4 Å². The Morgan fingerprint density at radius 2 is 1.56 bits per heavy atom. The summed E-state index contributed by atoms with van der Waals surface area (Å²) in [5.41, 5.74) is 7.72. The van der Waals surface area contributed by atoms with Crippen molar-refractivity contribution in [2.24, 2.45) is 0 Å². The summed E-state index contributed by atoms with van der Waals surface area (Å²) in [6.07, 6.45) is 0. The third kappa shape index (κ3) is 2.46. The van der Waals surface area contributed by atoms with E-state index in [0.717, 1.165) is 5.69 Å². The zero-order chi connectivity index (χ0) is 12.7. The van der Waals surface area contributed by atoms with Crippen LogP contribution in [-0.2, 0) is 10.8 Å². The fraction of sp³-hybridized carbons (Fsp3) is 0.615. The molecule has 0 bridgehead atoms. The maximum Gasteiger partial charge on any atom is 0.253 e. The van der Waals surface area contributed by atoms with E-state index in [0.29, 0.717) is 11.3 Å². The van der Waals surface area contributed by atoms with Crippen molar-refractivity contribution in [2.45, 2.75) is 52.4 Å². The topological polar surface area (TPSA) is 58.9 Å². The van der Waals surface area contributed by atoms with Crippen molar-refractivity contribution in [3.05, 3.63) is 27.7 Å². The standard InChI is InChI=1S/C13H22N2O/c1-12(2,3)9-7-8(14)10(11(16)15-9)13(4,5)6/h7H,1-6H3,(H3,14,15,16). The second-order valence-corrected chi connectivity index (χ2v) is 6.34. The molecule has 0 spiro atoms. The van der Waals surface area contributed by atoms with Crippen LogP contribution in [0.15, 0.2) is 10.9 Å². The van der Waals surface area contributed by atoms with Crippen LogP contribution < -0.4 is 11.3 Å². The highest BCUT2D eigenvalue weighted by Gasteiger charge is 2.24. The van der Waals surface area contributed by atoms with Gasteiger partial charge in [0.2, 0.25) is 0 Å². The summed E-state index contributed by atoms with van der Waals surface area (Å²) in [7, 11) is 0. The Labute approximate surface area is 97.1 Å². The molecular weight excluding hydrogens is 200 g/mol. The lowest BCUT2D eigenvalue weighted by molar-refractivity contribution is 0.552. The van der Waals surface area contributed by atoms with Crippen LogP contribution in [0, 0.1) is 0 Å². The highest BCUT2D eigenvalue weighted by Crippen LogP contribution is 2.27. The van der Waals surface area contributed by atoms with Gasteiger partial charge in [-0.15, -0.1) is 0 Å². The van der Waals surface area contributed by atoms with Crippen molar-refractivity contribution in [1.82, 2.24) is 4.98 Å². The molecule has 0 atom stereocenters. The second kappa shape index (κ2) is 3.65. The number of aromatic nitrogens is 1. The van der Waals surface area contributed by atoms with E-state index in [1.807, 2.05) is 26.8 Å². The summed E-state index contributed by atoms with van der Waals surface area (Å²) in [5.74, 6) is 0. The van der Waals surface area contributed by atoms with E-state index in [2.05, 4.69) is 25.8 Å². The number of nitrogens with one attached hydrogen (secondary N) is 1. The van der Waals surface area contributed by atoms with Crippen molar-refractivity contribution in [1.29, 1.82) is 0 Å². The monoisotopic (exact) mass is 222 g/mol. The van der Waals surface area contributed by atoms with E-state index in [9.17, 15) is 4.79 Å². The molecule has 1 aromatic heterocycles. The number of aromatic amines is 1. The quantitative estimate of drug-likeness (QED) is 0.708. The van der Waals surface area contributed by atoms with Crippen LogP contribution in [0.3, 0.4) is 0 Å². The Hall–Kier alpha value is -1.25. The lowest BCUT2D eigenvalue weighted by atomic mass is 9.84. The van der Waals surface area contributed by atoms with Gasteiger partial charge in [-0.05, 0) is 11.5 Å². The molecule has 1 rings (SSSR count). The predicted molar refractivity (Wildman–Crippen MR) is 68.9 cm³/mol. The molecule has 0 radical (unpaired) electrons. The van der Waals surface area contributed by atoms with Gasteiger partial charge < -0.3 is 10.7 Å². The van der Waals surface area contributed by atoms with Crippen LogP contribution in [0.4, 0.5) is 5.69 Å². The SMILES string of the molecule is CC(C)(C)c1cc(N)c(C(C)(C)C)c(=O)[nH]1. The maximum atomic E-state index is 12.0. The second-order valence-electron chi connectivity index (χ2n) is 6.34. The molecule has 90 valence electrons. The lowest BCUT2D eigenvalue weighted by Gasteiger charge is -2.24. The first kappa shape index (κ1) is 12.8. The van der Waals surface area contributed by atoms with Gasteiger partial charge in [-0.2, -0.15) is 0 Å². The molecule has 3 nitrogen and oxygen atoms in total. The Bertz CT molecular complexity index is 444. The molecule has 1 aromatic rings. The number of nitrogen functional groups attached to an aromatic ring is 1. The van der Waals surface area contributed by atoms with Crippen LogP contribution in [0.25, 0.3) is 0 Å². The number of hydrogen-bond acceptors (Lipinski definition) is 2. The Balaban J connectivity index is 3.47. The largest absolute Gasteiger partial charge is 0.398 e. The number of rotatable bonds is 0. The summed E-state index contributed by atoms with van der Waals surface area (Å²) < 4.78 is 0. The summed E-state index contributed by atoms with van der Waals surface area (Å²) in [4.78, 5) is 14.9. The first-order valence-electron chi connectivity index (χ1n) is 5.57. The van der Waals surface area contributed by atoms with Crippen LogP contribution in [0.2, 0.25) is 0 Å². The molecule has 0 fully saturated rings. The molecule has 0 saturated heterocycles. The van der Waals surface area contributed by atoms with E-state index < -0.39 is 0 Å². The van der Waals surface area contributed by atoms with Gasteiger partial charge in [0.15, 0.2) is 0 Å². The van der Waals surface area contributed by atoms with E-state index in [1.165, 1.54) is 0 Å². The summed E-state index contributed by atoms with van der Waals surface area (Å²) >= 11 is 0. The average molecular weight is 222 g/mol. The molecule has 3 heteroatoms. The van der Waals surface area contributed by atoms with Gasteiger partial charge >= 0.3 is 0 Å². The van der Waals surface area contributed by atoms with Gasteiger partial charge in [-0.25, -0.2) is 0 Å². The number of anilines is 1. The van der Waals surface area contributed by atoms with Crippen molar-refractivity contribution >= 4 is 5.69 Å². The first-order chi connectivity index (χ1) is 7.03. The van der Waals surface area contributed by atoms with Crippen molar-refractivity contribution in [2.75, 3.05) is 5.73 Å². The van der Waals surface area contributed by atoms with E-state index in [4.69, 9.17) is 5.73 Å². The van der Waals surface area contributed by atoms with Gasteiger partial charge in [0.05, 0.1) is 0 Å². The van der Waals surface area contributed by atoms with Gasteiger partial charge in [-0.1, -0.05) is 41.5 Å². The maximum absolute atomic E-state index is 12.0. The van der Waals surface area contributed by atoms with Gasteiger partial charge in [-0.3, -0.25) is 4.79 Å². The van der Waals surface area contributed by atoms with Gasteiger partial charge in [0.1, 0.15) is 0 Å². The third-order valence-corrected chi connectivity index (χ3v) is 2.62. The van der Waals surface area contributed by atoms with Crippen LogP contribution in [0.1, 0.15) is 52.8 Å². The molecule has 16 heavy (non-hydrogen) atoms. The van der Waals surface area contributed by atoms with E-state index in [1.54, 1.807) is 0 Å². The normalized spacial score (nSPS) is 12.9. The molecule has 1 heterocycles. The van der Waals surface area contributed by atoms with Crippen LogP contribution >= 0.6 is 0 Å². The number of pyridine rings is 1. The fourth-order valence-corrected chi connectivity index (χ4v) is 1.76. The number of H-pyrrole nitrogens is 1. The summed E-state index contributed by atoms with van der Waals surface area (Å²) in [6, 6.07) is 1.88. The minimum Gasteiger partial charge on any atom is -0.398 e. The Morgan fingerprint density at radius 3 is 1.88 bits per heavy atom. The Morgan fingerprint density at radius 1 is 1.06 bits per heavy atom. The van der Waals surface area contributed by atoms with Crippen molar-refractivity contribution in [3.8, 4) is 0 Å². The van der Waals surface area contributed by atoms with Crippen molar-refractivity contribution in [3.63, 3.8) is 0 Å². The zero-order valence-electron chi connectivity index (χ0n) is 11.1. The molecule has 0 aliphatic heterocycles. The molecular formula is C13H22N2O. The third-order valence-electron chi connectivity index (χ3n) is 2.62. The smallest absolute Gasteiger partial charge is 0.253 e. The molecule has 0 aliphatic carbocycles. The molecule has 0 aromatic carbocycles. The van der Waals surface area contributed by atoms with Gasteiger partial charge in [0, 0.05) is 22.4 Å². The molecule has 0 unspecified atom stereocenters. The number of nitrogens with two attached hydrogens (primary N) is 1.